The molecule has 2 amide bonds. The maximum absolute atomic E-state index is 12.6. The van der Waals surface area contributed by atoms with E-state index in [1.165, 1.54) is 10.5 Å². The lowest BCUT2D eigenvalue weighted by atomic mass is 10.0. The van der Waals surface area contributed by atoms with E-state index in [1.807, 2.05) is 6.07 Å². The van der Waals surface area contributed by atoms with Crippen molar-refractivity contribution < 1.29 is 24.0 Å². The summed E-state index contributed by atoms with van der Waals surface area (Å²) < 4.78 is 11.3. The van der Waals surface area contributed by atoms with Crippen molar-refractivity contribution in [3.63, 3.8) is 0 Å². The number of quaternary nitrogens is 1. The van der Waals surface area contributed by atoms with E-state index in [1.54, 1.807) is 31.3 Å². The summed E-state index contributed by atoms with van der Waals surface area (Å²) in [5, 5.41) is 5.52. The Labute approximate surface area is 170 Å². The van der Waals surface area contributed by atoms with Gasteiger partial charge < -0.3 is 25.0 Å². The monoisotopic (exact) mass is 396 g/mol. The zero-order valence-corrected chi connectivity index (χ0v) is 16.5. The lowest BCUT2D eigenvalue weighted by molar-refractivity contribution is -0.910. The maximum Gasteiger partial charge on any atom is 0.279 e. The average molecular weight is 396 g/mol. The summed E-state index contributed by atoms with van der Waals surface area (Å²) >= 11 is 0. The zero-order valence-electron chi connectivity index (χ0n) is 16.5. The Balaban J connectivity index is 1.39. The molecule has 2 aromatic carbocycles. The zero-order chi connectivity index (χ0) is 20.2. The fourth-order valence-electron chi connectivity index (χ4n) is 4.06. The van der Waals surface area contributed by atoms with Gasteiger partial charge in [-0.1, -0.05) is 0 Å². The Morgan fingerprint density at radius 1 is 1.07 bits per heavy atom. The first kappa shape index (κ1) is 19.3. The second-order valence-electron chi connectivity index (χ2n) is 7.39. The number of ether oxygens (including phenoxy) is 2. The van der Waals surface area contributed by atoms with Gasteiger partial charge in [0.05, 0.1) is 6.54 Å². The summed E-state index contributed by atoms with van der Waals surface area (Å²) in [5.41, 5.74) is 2.44. The largest absolute Gasteiger partial charge is 0.486 e. The second-order valence-corrected chi connectivity index (χ2v) is 7.39. The van der Waals surface area contributed by atoms with Crippen molar-refractivity contribution >= 4 is 17.5 Å². The van der Waals surface area contributed by atoms with Crippen molar-refractivity contribution in [3.8, 4) is 11.5 Å². The highest BCUT2D eigenvalue weighted by atomic mass is 16.6. The molecule has 0 bridgehead atoms. The molecule has 0 radical (unpaired) electrons. The molecule has 0 spiro atoms. The van der Waals surface area contributed by atoms with Gasteiger partial charge in [0.2, 0.25) is 0 Å². The standard InChI is InChI=1S/C22H25N3O4/c1-23-22(27)15-4-7-17(8-5-15)24-21(26)14-25-10-2-3-18(25)16-6-9-19-20(13-16)29-12-11-28-19/h4-9,13,18H,2-3,10-12,14H2,1H3,(H,23,27)(H,24,26)/p+1/t18-/m1/s1. The number of carbonyl (C=O) groups is 2. The minimum atomic E-state index is -0.147. The van der Waals surface area contributed by atoms with Gasteiger partial charge in [-0.25, -0.2) is 0 Å². The molecular formula is C22H26N3O4+. The first-order valence-corrected chi connectivity index (χ1v) is 10.00. The highest BCUT2D eigenvalue weighted by molar-refractivity contribution is 5.95. The average Bonchev–Trinajstić information content (AvgIpc) is 3.21. The van der Waals surface area contributed by atoms with Crippen LogP contribution in [0, 0.1) is 0 Å². The summed E-state index contributed by atoms with van der Waals surface area (Å²) in [5.74, 6) is 1.40. The van der Waals surface area contributed by atoms with Gasteiger partial charge in [-0.3, -0.25) is 9.59 Å². The number of fused-ring (bicyclic) bond motifs is 1. The summed E-state index contributed by atoms with van der Waals surface area (Å²) in [6, 6.07) is 13.3. The lowest BCUT2D eigenvalue weighted by Crippen LogP contribution is -3.11. The Hall–Kier alpha value is -3.06. The summed E-state index contributed by atoms with van der Waals surface area (Å²) in [7, 11) is 1.59. The Kier molecular flexibility index (Phi) is 5.67. The molecule has 0 aliphatic carbocycles. The SMILES string of the molecule is CNC(=O)c1ccc(NC(=O)C[NH+]2CCC[C@@H]2c2ccc3c(c2)OCCO3)cc1. The van der Waals surface area contributed by atoms with Gasteiger partial charge in [0.25, 0.3) is 11.8 Å². The molecule has 0 aromatic heterocycles. The van der Waals surface area contributed by atoms with Crippen molar-refractivity contribution in [2.75, 3.05) is 38.7 Å². The molecule has 2 aromatic rings. The molecule has 7 heteroatoms. The van der Waals surface area contributed by atoms with Crippen molar-refractivity contribution in [2.45, 2.75) is 18.9 Å². The van der Waals surface area contributed by atoms with Crippen LogP contribution in [-0.4, -0.2) is 45.2 Å². The molecule has 1 unspecified atom stereocenters. The third-order valence-electron chi connectivity index (χ3n) is 5.50. The molecule has 2 aliphatic rings. The fourth-order valence-corrected chi connectivity index (χ4v) is 4.06. The highest BCUT2D eigenvalue weighted by Gasteiger charge is 2.32. The van der Waals surface area contributed by atoms with Gasteiger partial charge in [0.15, 0.2) is 18.0 Å². The van der Waals surface area contributed by atoms with Crippen LogP contribution in [0.25, 0.3) is 0 Å². The van der Waals surface area contributed by atoms with Crippen molar-refractivity contribution in [1.29, 1.82) is 0 Å². The molecule has 29 heavy (non-hydrogen) atoms. The number of nitrogens with one attached hydrogen (secondary N) is 3. The molecule has 152 valence electrons. The van der Waals surface area contributed by atoms with Gasteiger partial charge in [-0.15, -0.1) is 0 Å². The maximum atomic E-state index is 12.6. The number of benzene rings is 2. The van der Waals surface area contributed by atoms with Crippen LogP contribution in [0.4, 0.5) is 5.69 Å². The van der Waals surface area contributed by atoms with Gasteiger partial charge in [0.1, 0.15) is 19.3 Å². The van der Waals surface area contributed by atoms with Gasteiger partial charge in [-0.2, -0.15) is 0 Å². The van der Waals surface area contributed by atoms with Gasteiger partial charge >= 0.3 is 0 Å². The molecular weight excluding hydrogens is 370 g/mol. The Morgan fingerprint density at radius 3 is 2.59 bits per heavy atom. The van der Waals surface area contributed by atoms with Crippen molar-refractivity contribution in [1.82, 2.24) is 5.32 Å². The molecule has 2 atom stereocenters. The number of anilines is 1. The van der Waals surface area contributed by atoms with Crippen molar-refractivity contribution in [3.05, 3.63) is 53.6 Å². The van der Waals surface area contributed by atoms with Gasteiger partial charge in [-0.05, 0) is 42.5 Å². The third-order valence-corrected chi connectivity index (χ3v) is 5.50. The van der Waals surface area contributed by atoms with Gasteiger partial charge in [0, 0.05) is 36.7 Å². The van der Waals surface area contributed by atoms with E-state index in [0.717, 1.165) is 30.9 Å². The predicted molar refractivity (Wildman–Crippen MR) is 109 cm³/mol. The van der Waals surface area contributed by atoms with Crippen molar-refractivity contribution in [2.24, 2.45) is 0 Å². The summed E-state index contributed by atoms with van der Waals surface area (Å²) in [6.45, 7) is 2.51. The van der Waals surface area contributed by atoms with E-state index >= 15 is 0 Å². The fraction of sp³-hybridized carbons (Fsp3) is 0.364. The molecule has 0 saturated carbocycles. The van der Waals surface area contributed by atoms with Crippen LogP contribution in [0.1, 0.15) is 34.8 Å². The summed E-state index contributed by atoms with van der Waals surface area (Å²) in [4.78, 5) is 25.5. The molecule has 2 heterocycles. The number of hydrogen-bond acceptors (Lipinski definition) is 4. The number of hydrogen-bond donors (Lipinski definition) is 3. The molecule has 2 aliphatic heterocycles. The predicted octanol–water partition coefficient (Wildman–Crippen LogP) is 1.18. The van der Waals surface area contributed by atoms with E-state index < -0.39 is 0 Å². The van der Waals surface area contributed by atoms with E-state index in [9.17, 15) is 9.59 Å². The van der Waals surface area contributed by atoms with Crippen LogP contribution in [-0.2, 0) is 4.79 Å². The van der Waals surface area contributed by atoms with Crippen LogP contribution in [0.5, 0.6) is 11.5 Å². The van der Waals surface area contributed by atoms with E-state index in [4.69, 9.17) is 9.47 Å². The van der Waals surface area contributed by atoms with Crippen LogP contribution < -0.4 is 25.0 Å². The van der Waals surface area contributed by atoms with Crippen LogP contribution >= 0.6 is 0 Å². The number of rotatable bonds is 5. The summed E-state index contributed by atoms with van der Waals surface area (Å²) in [6.07, 6.45) is 2.13. The first-order valence-electron chi connectivity index (χ1n) is 10.00. The second kappa shape index (κ2) is 8.53. The van der Waals surface area contributed by atoms with E-state index in [-0.39, 0.29) is 17.9 Å². The quantitative estimate of drug-likeness (QED) is 0.709. The number of likely N-dealkylation sites (tertiary alicyclic amines) is 1. The van der Waals surface area contributed by atoms with E-state index in [2.05, 4.69) is 22.8 Å². The van der Waals surface area contributed by atoms with E-state index in [0.29, 0.717) is 31.0 Å². The topological polar surface area (TPSA) is 81.1 Å². The van der Waals surface area contributed by atoms with Crippen LogP contribution in [0.3, 0.4) is 0 Å². The third kappa shape index (κ3) is 4.35. The number of carbonyl (C=O) groups excluding carboxylic acids is 2. The molecule has 1 saturated heterocycles. The highest BCUT2D eigenvalue weighted by Crippen LogP contribution is 2.33. The molecule has 4 rings (SSSR count). The Bertz CT molecular complexity index is 897. The first-order chi connectivity index (χ1) is 14.1. The molecule has 7 nitrogen and oxygen atoms in total. The smallest absolute Gasteiger partial charge is 0.279 e. The molecule has 1 fully saturated rings. The number of amides is 2. The van der Waals surface area contributed by atoms with Crippen LogP contribution in [0.2, 0.25) is 0 Å². The molecule has 3 N–H and O–H groups in total. The normalized spacial score (nSPS) is 20.2. The Morgan fingerprint density at radius 2 is 1.83 bits per heavy atom. The minimum Gasteiger partial charge on any atom is -0.486 e. The lowest BCUT2D eigenvalue weighted by Gasteiger charge is -2.24. The minimum absolute atomic E-state index is 0.0304. The van der Waals surface area contributed by atoms with Crippen LogP contribution in [0.15, 0.2) is 42.5 Å².